The zero-order valence-corrected chi connectivity index (χ0v) is 19.0. The van der Waals surface area contributed by atoms with Gasteiger partial charge in [0.25, 0.3) is 5.91 Å². The number of fused-ring (bicyclic) bond motifs is 3. The van der Waals surface area contributed by atoms with Crippen LogP contribution in [0.3, 0.4) is 0 Å². The average molecular weight is 483 g/mol. The monoisotopic (exact) mass is 482 g/mol. The molecule has 3 aromatic carbocycles. The molecule has 2 heterocycles. The molecule has 0 aliphatic carbocycles. The summed E-state index contributed by atoms with van der Waals surface area (Å²) >= 11 is 6.42. The van der Waals surface area contributed by atoms with Gasteiger partial charge in [-0.1, -0.05) is 23.7 Å². The first kappa shape index (κ1) is 22.0. The molecule has 4 N–H and O–H groups in total. The number of aliphatic hydroxyl groups is 1. The van der Waals surface area contributed by atoms with Crippen LogP contribution in [0.2, 0.25) is 5.02 Å². The van der Waals surface area contributed by atoms with Gasteiger partial charge >= 0.3 is 0 Å². The van der Waals surface area contributed by atoms with E-state index in [0.29, 0.717) is 22.2 Å². The number of anilines is 1. The number of nitrogens with one attached hydrogen (secondary N) is 1. The van der Waals surface area contributed by atoms with Crippen LogP contribution in [0, 0.1) is 5.82 Å². The summed E-state index contributed by atoms with van der Waals surface area (Å²) in [4.78, 5) is 15.0. The Morgan fingerprint density at radius 3 is 2.59 bits per heavy atom. The molecule has 0 saturated carbocycles. The Labute approximate surface area is 198 Å². The highest BCUT2D eigenvalue weighted by molar-refractivity contribution is 6.31. The second-order valence-electron chi connectivity index (χ2n) is 7.91. The number of ether oxygens (including phenoxy) is 2. The molecular formula is C24H20ClFN4O4. The van der Waals surface area contributed by atoms with Gasteiger partial charge in [0.05, 0.1) is 30.7 Å². The average Bonchev–Trinajstić information content (AvgIpc) is 3.34. The number of aromatic amines is 1. The summed E-state index contributed by atoms with van der Waals surface area (Å²) in [6.07, 6.45) is 0. The minimum absolute atomic E-state index is 0.00712. The number of carbonyl (C=O) groups is 1. The molecule has 8 nitrogen and oxygen atoms in total. The van der Waals surface area contributed by atoms with Crippen LogP contribution in [0.5, 0.6) is 11.6 Å². The SMILES string of the molecule is COc1ccc(CN2C(=O)c3c(c(N)cc4c(OC)n[nH]c34)C2(O)c2cc(F)ccc2Cl)cc1. The van der Waals surface area contributed by atoms with Crippen LogP contribution in [0.1, 0.15) is 27.0 Å². The number of carbonyl (C=O) groups excluding carboxylic acids is 1. The quantitative estimate of drug-likeness (QED) is 0.373. The third kappa shape index (κ3) is 3.08. The van der Waals surface area contributed by atoms with Crippen molar-refractivity contribution in [1.82, 2.24) is 15.1 Å². The number of halogens is 2. The maximum absolute atomic E-state index is 14.3. The summed E-state index contributed by atoms with van der Waals surface area (Å²) in [5.74, 6) is -0.268. The Kier molecular flexibility index (Phi) is 5.11. The number of methoxy groups -OCH3 is 2. The number of amides is 1. The number of hydrogen-bond donors (Lipinski definition) is 3. The van der Waals surface area contributed by atoms with Gasteiger partial charge < -0.3 is 20.3 Å². The highest BCUT2D eigenvalue weighted by Gasteiger charge is 2.53. The molecule has 0 bridgehead atoms. The maximum atomic E-state index is 14.3. The number of aromatic nitrogens is 2. The lowest BCUT2D eigenvalue weighted by atomic mass is 9.91. The molecule has 174 valence electrons. The van der Waals surface area contributed by atoms with Crippen molar-refractivity contribution in [2.24, 2.45) is 0 Å². The topological polar surface area (TPSA) is 114 Å². The van der Waals surface area contributed by atoms with E-state index in [1.54, 1.807) is 37.4 Å². The van der Waals surface area contributed by atoms with E-state index in [9.17, 15) is 14.3 Å². The van der Waals surface area contributed by atoms with E-state index in [4.69, 9.17) is 26.8 Å². The number of nitrogens with zero attached hydrogens (tertiary/aromatic N) is 2. The fourth-order valence-electron chi connectivity index (χ4n) is 4.46. The second kappa shape index (κ2) is 7.89. The number of rotatable bonds is 5. The zero-order valence-electron chi connectivity index (χ0n) is 18.2. The molecule has 0 saturated heterocycles. The predicted octanol–water partition coefficient (Wildman–Crippen LogP) is 3.80. The van der Waals surface area contributed by atoms with Crippen molar-refractivity contribution in [2.75, 3.05) is 20.0 Å². The normalized spacial score (nSPS) is 17.3. The number of hydrogen-bond acceptors (Lipinski definition) is 6. The Morgan fingerprint density at radius 2 is 1.91 bits per heavy atom. The predicted molar refractivity (Wildman–Crippen MR) is 124 cm³/mol. The smallest absolute Gasteiger partial charge is 0.259 e. The van der Waals surface area contributed by atoms with Crippen LogP contribution in [-0.2, 0) is 12.3 Å². The third-order valence-corrected chi connectivity index (χ3v) is 6.38. The summed E-state index contributed by atoms with van der Waals surface area (Å²) in [6, 6.07) is 12.2. The van der Waals surface area contributed by atoms with Gasteiger partial charge in [-0.05, 0) is 42.0 Å². The van der Waals surface area contributed by atoms with Crippen LogP contribution >= 0.6 is 11.6 Å². The molecular weight excluding hydrogens is 463 g/mol. The standard InChI is InChI=1S/C24H20ClFN4O4/c1-33-14-6-3-12(4-7-14)11-30-23(31)19-20(18(27)10-15-21(19)28-29-22(15)34-2)24(30,32)16-9-13(26)5-8-17(16)25/h3-10,32H,11,27H2,1-2H3,(H,28,29). The van der Waals surface area contributed by atoms with Crippen molar-refractivity contribution in [3.05, 3.63) is 81.6 Å². The van der Waals surface area contributed by atoms with Crippen molar-refractivity contribution in [2.45, 2.75) is 12.3 Å². The first-order chi connectivity index (χ1) is 16.3. The van der Waals surface area contributed by atoms with E-state index >= 15 is 0 Å². The van der Waals surface area contributed by atoms with E-state index in [2.05, 4.69) is 10.2 Å². The lowest BCUT2D eigenvalue weighted by Gasteiger charge is -2.36. The van der Waals surface area contributed by atoms with Crippen molar-refractivity contribution in [1.29, 1.82) is 0 Å². The summed E-state index contributed by atoms with van der Waals surface area (Å²) in [5.41, 5.74) is 5.59. The fraction of sp³-hybridized carbons (Fsp3) is 0.167. The summed E-state index contributed by atoms with van der Waals surface area (Å²) in [6.45, 7) is -0.0208. The van der Waals surface area contributed by atoms with Gasteiger partial charge in [-0.15, -0.1) is 5.10 Å². The zero-order chi connectivity index (χ0) is 24.2. The summed E-state index contributed by atoms with van der Waals surface area (Å²) in [7, 11) is 2.99. The molecule has 1 unspecified atom stereocenters. The molecule has 1 aliphatic heterocycles. The van der Waals surface area contributed by atoms with Crippen molar-refractivity contribution in [3.63, 3.8) is 0 Å². The highest BCUT2D eigenvalue weighted by Crippen LogP contribution is 2.50. The molecule has 1 aliphatic rings. The van der Waals surface area contributed by atoms with E-state index in [1.165, 1.54) is 24.1 Å². The van der Waals surface area contributed by atoms with E-state index < -0.39 is 17.4 Å². The first-order valence-electron chi connectivity index (χ1n) is 10.3. The molecule has 1 atom stereocenters. The van der Waals surface area contributed by atoms with E-state index in [-0.39, 0.29) is 39.8 Å². The van der Waals surface area contributed by atoms with Crippen LogP contribution < -0.4 is 15.2 Å². The Hall–Kier alpha value is -3.82. The minimum Gasteiger partial charge on any atom is -0.497 e. The lowest BCUT2D eigenvalue weighted by molar-refractivity contribution is -0.0539. The number of nitrogen functional groups attached to an aromatic ring is 1. The first-order valence-corrected chi connectivity index (χ1v) is 10.6. The second-order valence-corrected chi connectivity index (χ2v) is 8.31. The van der Waals surface area contributed by atoms with Gasteiger partial charge in [0.15, 0.2) is 5.72 Å². The summed E-state index contributed by atoms with van der Waals surface area (Å²) < 4.78 is 24.8. The van der Waals surface area contributed by atoms with Crippen LogP contribution in [0.25, 0.3) is 10.9 Å². The van der Waals surface area contributed by atoms with Crippen molar-refractivity contribution >= 4 is 34.1 Å². The maximum Gasteiger partial charge on any atom is 0.259 e. The van der Waals surface area contributed by atoms with Crippen LogP contribution in [0.15, 0.2) is 48.5 Å². The van der Waals surface area contributed by atoms with Crippen molar-refractivity contribution in [3.8, 4) is 11.6 Å². The number of H-pyrrole nitrogens is 1. The van der Waals surface area contributed by atoms with Gasteiger partial charge in [0.2, 0.25) is 5.88 Å². The number of benzene rings is 3. The number of nitrogens with two attached hydrogens (primary N) is 1. The summed E-state index contributed by atoms with van der Waals surface area (Å²) in [5, 5.41) is 19.6. The van der Waals surface area contributed by atoms with Crippen LogP contribution in [-0.4, -0.2) is 40.3 Å². The van der Waals surface area contributed by atoms with Gasteiger partial charge in [0.1, 0.15) is 11.6 Å². The van der Waals surface area contributed by atoms with Gasteiger partial charge in [-0.25, -0.2) is 4.39 Å². The molecule has 34 heavy (non-hydrogen) atoms. The minimum atomic E-state index is -2.15. The van der Waals surface area contributed by atoms with E-state index in [0.717, 1.165) is 6.07 Å². The van der Waals surface area contributed by atoms with E-state index in [1.807, 2.05) is 0 Å². The van der Waals surface area contributed by atoms with Crippen molar-refractivity contribution < 1.29 is 23.8 Å². The fourth-order valence-corrected chi connectivity index (χ4v) is 4.71. The highest BCUT2D eigenvalue weighted by atomic mass is 35.5. The molecule has 1 amide bonds. The molecule has 10 heteroatoms. The van der Waals surface area contributed by atoms with Gasteiger partial charge in [-0.2, -0.15) is 0 Å². The molecule has 5 rings (SSSR count). The van der Waals surface area contributed by atoms with Crippen LogP contribution in [0.4, 0.5) is 10.1 Å². The molecule has 0 radical (unpaired) electrons. The molecule has 1 aromatic heterocycles. The largest absolute Gasteiger partial charge is 0.497 e. The molecule has 0 fully saturated rings. The Balaban J connectivity index is 1.78. The Morgan fingerprint density at radius 1 is 1.18 bits per heavy atom. The Bertz CT molecular complexity index is 1440. The van der Waals surface area contributed by atoms with Gasteiger partial charge in [0, 0.05) is 28.4 Å². The molecule has 0 spiro atoms. The molecule has 4 aromatic rings. The third-order valence-electron chi connectivity index (χ3n) is 6.05. The van der Waals surface area contributed by atoms with Gasteiger partial charge in [-0.3, -0.25) is 14.8 Å². The lowest BCUT2D eigenvalue weighted by Crippen LogP contribution is -2.44.